The molecule has 0 aliphatic rings. The zero-order valence-corrected chi connectivity index (χ0v) is 12.7. The van der Waals surface area contributed by atoms with Crippen LogP contribution in [-0.4, -0.2) is 14.8 Å². The molecule has 0 aliphatic heterocycles. The number of nitrogens with zero attached hydrogens (tertiary/aromatic N) is 3. The minimum absolute atomic E-state index is 0.328. The van der Waals surface area contributed by atoms with Crippen LogP contribution in [0, 0.1) is 6.92 Å². The molecule has 2 rings (SSSR count). The second-order valence-electron chi connectivity index (χ2n) is 4.50. The third kappa shape index (κ3) is 2.88. The van der Waals surface area contributed by atoms with Crippen LogP contribution in [0.1, 0.15) is 30.9 Å². The monoisotopic (exact) mass is 294 g/mol. The zero-order valence-electron chi connectivity index (χ0n) is 12.0. The Kier molecular flexibility index (Phi) is 4.49. The predicted molar refractivity (Wildman–Crippen MR) is 80.0 cm³/mol. The molecule has 2 aromatic rings. The van der Waals surface area contributed by atoms with Gasteiger partial charge in [0.15, 0.2) is 11.6 Å². The number of nitrogen functional groups attached to an aromatic ring is 1. The summed E-state index contributed by atoms with van der Waals surface area (Å²) in [7, 11) is 0. The Balaban J connectivity index is 2.20. The first kappa shape index (κ1) is 14.7. The lowest BCUT2D eigenvalue weighted by atomic mass is 10.3. The lowest BCUT2D eigenvalue weighted by molar-refractivity contribution is 0.293. The highest BCUT2D eigenvalue weighted by Gasteiger charge is 2.15. The van der Waals surface area contributed by atoms with Crippen LogP contribution in [0.15, 0.2) is 12.1 Å². The van der Waals surface area contributed by atoms with Crippen molar-refractivity contribution >= 4 is 17.4 Å². The van der Waals surface area contributed by atoms with E-state index in [2.05, 4.69) is 10.1 Å². The Hall–Kier alpha value is -1.75. The summed E-state index contributed by atoms with van der Waals surface area (Å²) in [5, 5.41) is 5.13. The number of halogens is 1. The van der Waals surface area contributed by atoms with E-state index in [9.17, 15) is 0 Å². The number of hydrogen-bond donors (Lipinski definition) is 1. The van der Waals surface area contributed by atoms with E-state index < -0.39 is 0 Å². The van der Waals surface area contributed by atoms with E-state index >= 15 is 0 Å². The van der Waals surface area contributed by atoms with Crippen LogP contribution < -0.4 is 10.5 Å². The normalized spacial score (nSPS) is 10.8. The van der Waals surface area contributed by atoms with Gasteiger partial charge in [-0.3, -0.25) is 4.68 Å². The van der Waals surface area contributed by atoms with Crippen molar-refractivity contribution in [3.63, 3.8) is 0 Å². The van der Waals surface area contributed by atoms with Gasteiger partial charge in [-0.05, 0) is 32.4 Å². The van der Waals surface area contributed by atoms with Crippen molar-refractivity contribution < 1.29 is 4.74 Å². The molecule has 0 saturated carbocycles. The molecule has 0 atom stereocenters. The third-order valence-corrected chi connectivity index (χ3v) is 3.52. The molecule has 6 heteroatoms. The summed E-state index contributed by atoms with van der Waals surface area (Å²) < 4.78 is 7.59. The highest BCUT2D eigenvalue weighted by Crippen LogP contribution is 2.25. The SMILES string of the molecule is CCc1nn(CC)c(COc2ccc(C)nc2N)c1Cl. The van der Waals surface area contributed by atoms with Gasteiger partial charge in [0.25, 0.3) is 0 Å². The van der Waals surface area contributed by atoms with Crippen LogP contribution in [0.5, 0.6) is 5.75 Å². The summed E-state index contributed by atoms with van der Waals surface area (Å²) in [5.74, 6) is 0.952. The molecular weight excluding hydrogens is 276 g/mol. The van der Waals surface area contributed by atoms with Gasteiger partial charge in [-0.2, -0.15) is 5.10 Å². The van der Waals surface area contributed by atoms with Crippen LogP contribution in [0.4, 0.5) is 5.82 Å². The van der Waals surface area contributed by atoms with Crippen molar-refractivity contribution in [2.45, 2.75) is 40.3 Å². The Labute approximate surface area is 123 Å². The van der Waals surface area contributed by atoms with Crippen LogP contribution in [0.25, 0.3) is 0 Å². The zero-order chi connectivity index (χ0) is 14.7. The Morgan fingerprint density at radius 3 is 2.70 bits per heavy atom. The van der Waals surface area contributed by atoms with Crippen LogP contribution >= 0.6 is 11.6 Å². The lowest BCUT2D eigenvalue weighted by Crippen LogP contribution is -2.08. The number of aryl methyl sites for hydroxylation is 3. The molecule has 20 heavy (non-hydrogen) atoms. The summed E-state index contributed by atoms with van der Waals surface area (Å²) in [6, 6.07) is 3.68. The molecule has 0 fully saturated rings. The van der Waals surface area contributed by atoms with Crippen molar-refractivity contribution in [1.82, 2.24) is 14.8 Å². The van der Waals surface area contributed by atoms with Crippen molar-refractivity contribution in [2.24, 2.45) is 0 Å². The predicted octanol–water partition coefficient (Wildman–Crippen LogP) is 2.98. The minimum Gasteiger partial charge on any atom is -0.483 e. The average molecular weight is 295 g/mol. The molecule has 0 spiro atoms. The van der Waals surface area contributed by atoms with Crippen LogP contribution in [0.2, 0.25) is 5.02 Å². The molecule has 2 aromatic heterocycles. The highest BCUT2D eigenvalue weighted by molar-refractivity contribution is 6.31. The van der Waals surface area contributed by atoms with E-state index in [0.29, 0.717) is 23.2 Å². The van der Waals surface area contributed by atoms with E-state index in [4.69, 9.17) is 22.1 Å². The number of ether oxygens (including phenoxy) is 1. The molecule has 0 bridgehead atoms. The first-order valence-electron chi connectivity index (χ1n) is 6.66. The van der Waals surface area contributed by atoms with Gasteiger partial charge in [-0.25, -0.2) is 4.98 Å². The van der Waals surface area contributed by atoms with E-state index in [1.165, 1.54) is 0 Å². The maximum atomic E-state index is 6.33. The van der Waals surface area contributed by atoms with Gasteiger partial charge in [0, 0.05) is 12.2 Å². The second kappa shape index (κ2) is 6.13. The molecule has 108 valence electrons. The quantitative estimate of drug-likeness (QED) is 0.920. The molecule has 0 aromatic carbocycles. The van der Waals surface area contributed by atoms with E-state index in [1.54, 1.807) is 0 Å². The molecule has 0 aliphatic carbocycles. The van der Waals surface area contributed by atoms with Gasteiger partial charge in [0.1, 0.15) is 6.61 Å². The first-order chi connectivity index (χ1) is 9.56. The Morgan fingerprint density at radius 2 is 2.10 bits per heavy atom. The summed E-state index contributed by atoms with van der Waals surface area (Å²) in [6.07, 6.45) is 0.799. The number of anilines is 1. The summed E-state index contributed by atoms with van der Waals surface area (Å²) in [4.78, 5) is 4.17. The fourth-order valence-electron chi connectivity index (χ4n) is 1.99. The Morgan fingerprint density at radius 1 is 1.35 bits per heavy atom. The topological polar surface area (TPSA) is 66.0 Å². The number of nitrogens with two attached hydrogens (primary N) is 1. The third-order valence-electron chi connectivity index (χ3n) is 3.08. The highest BCUT2D eigenvalue weighted by atomic mass is 35.5. The Bertz CT molecular complexity index is 609. The molecule has 2 heterocycles. The van der Waals surface area contributed by atoms with Gasteiger partial charge in [-0.15, -0.1) is 0 Å². The number of pyridine rings is 1. The maximum Gasteiger partial charge on any atom is 0.166 e. The second-order valence-corrected chi connectivity index (χ2v) is 4.88. The van der Waals surface area contributed by atoms with E-state index in [0.717, 1.165) is 30.0 Å². The summed E-state index contributed by atoms with van der Waals surface area (Å²) in [6.45, 7) is 7.01. The summed E-state index contributed by atoms with van der Waals surface area (Å²) in [5.41, 5.74) is 8.45. The minimum atomic E-state index is 0.328. The van der Waals surface area contributed by atoms with Gasteiger partial charge in [-0.1, -0.05) is 18.5 Å². The van der Waals surface area contributed by atoms with E-state index in [1.807, 2.05) is 37.6 Å². The van der Waals surface area contributed by atoms with Gasteiger partial charge in [0.2, 0.25) is 0 Å². The van der Waals surface area contributed by atoms with Gasteiger partial charge in [0.05, 0.1) is 16.4 Å². The number of aromatic nitrogens is 3. The average Bonchev–Trinajstić information content (AvgIpc) is 2.74. The maximum absolute atomic E-state index is 6.33. The van der Waals surface area contributed by atoms with Crippen molar-refractivity contribution in [3.8, 4) is 5.75 Å². The first-order valence-corrected chi connectivity index (χ1v) is 7.04. The fraction of sp³-hybridized carbons (Fsp3) is 0.429. The molecule has 0 amide bonds. The number of hydrogen-bond acceptors (Lipinski definition) is 4. The van der Waals surface area contributed by atoms with Crippen molar-refractivity contribution in [2.75, 3.05) is 5.73 Å². The fourth-order valence-corrected chi connectivity index (χ4v) is 2.31. The molecule has 0 radical (unpaired) electrons. The molecule has 2 N–H and O–H groups in total. The summed E-state index contributed by atoms with van der Waals surface area (Å²) >= 11 is 6.33. The molecule has 0 unspecified atom stereocenters. The van der Waals surface area contributed by atoms with Crippen molar-refractivity contribution in [1.29, 1.82) is 0 Å². The van der Waals surface area contributed by atoms with Gasteiger partial charge >= 0.3 is 0 Å². The molecule has 0 saturated heterocycles. The molecule has 5 nitrogen and oxygen atoms in total. The molecular formula is C14H19ClN4O. The standard InChI is InChI=1S/C14H19ClN4O/c1-4-10-13(15)11(19(5-2)18-10)8-20-12-7-6-9(3)17-14(12)16/h6-7H,4-5,8H2,1-3H3,(H2,16,17). The van der Waals surface area contributed by atoms with Gasteiger partial charge < -0.3 is 10.5 Å². The van der Waals surface area contributed by atoms with E-state index in [-0.39, 0.29) is 0 Å². The smallest absolute Gasteiger partial charge is 0.166 e. The van der Waals surface area contributed by atoms with Crippen LogP contribution in [0.3, 0.4) is 0 Å². The largest absolute Gasteiger partial charge is 0.483 e. The van der Waals surface area contributed by atoms with Crippen LogP contribution in [-0.2, 0) is 19.6 Å². The number of rotatable bonds is 5. The van der Waals surface area contributed by atoms with Crippen molar-refractivity contribution in [3.05, 3.63) is 34.2 Å². The lowest BCUT2D eigenvalue weighted by Gasteiger charge is -2.10.